The van der Waals surface area contributed by atoms with Gasteiger partial charge in [0.15, 0.2) is 9.84 Å². The Morgan fingerprint density at radius 3 is 2.14 bits per heavy atom. The highest BCUT2D eigenvalue weighted by Crippen LogP contribution is 2.13. The van der Waals surface area contributed by atoms with Crippen LogP contribution in [0.15, 0.2) is 53.8 Å². The van der Waals surface area contributed by atoms with E-state index in [-0.39, 0.29) is 4.90 Å². The molecule has 14 heavy (non-hydrogen) atoms. The number of allylic oxidation sites excluding steroid dienone is 1. The van der Waals surface area contributed by atoms with Crippen molar-refractivity contribution in [3.05, 3.63) is 54.5 Å². The van der Waals surface area contributed by atoms with E-state index in [0.29, 0.717) is 0 Å². The van der Waals surface area contributed by atoms with E-state index in [9.17, 15) is 8.42 Å². The molecule has 0 atom stereocenters. The van der Waals surface area contributed by atoms with Gasteiger partial charge in [-0.15, -0.1) is 6.58 Å². The minimum Gasteiger partial charge on any atom is -0.219 e. The average Bonchev–Trinajstić information content (AvgIpc) is 2.19. The number of sulfone groups is 1. The van der Waals surface area contributed by atoms with Gasteiger partial charge in [0.1, 0.15) is 0 Å². The molecule has 1 aromatic carbocycles. The monoisotopic (exact) mass is 208 g/mol. The van der Waals surface area contributed by atoms with Crippen molar-refractivity contribution in [2.24, 2.45) is 0 Å². The third kappa shape index (κ3) is 2.33. The first-order chi connectivity index (χ1) is 6.60. The van der Waals surface area contributed by atoms with E-state index in [1.807, 2.05) is 0 Å². The van der Waals surface area contributed by atoms with Gasteiger partial charge in [-0.3, -0.25) is 0 Å². The predicted molar refractivity (Wildman–Crippen MR) is 57.7 cm³/mol. The standard InChI is InChI=1S/C11H12O2S/c1-3-5-10-6-8-11(9-7-10)14(12,13)4-2/h3-4,6-9H,1-2,5H2. The molecule has 0 aliphatic rings. The Labute approximate surface area is 84.5 Å². The molecule has 0 unspecified atom stereocenters. The Bertz CT molecular complexity index is 427. The molecular weight excluding hydrogens is 196 g/mol. The van der Waals surface area contributed by atoms with Gasteiger partial charge in [-0.1, -0.05) is 24.8 Å². The summed E-state index contributed by atoms with van der Waals surface area (Å²) in [6.07, 6.45) is 2.52. The topological polar surface area (TPSA) is 34.1 Å². The van der Waals surface area contributed by atoms with Gasteiger partial charge in [0, 0.05) is 5.41 Å². The normalized spacial score (nSPS) is 10.9. The van der Waals surface area contributed by atoms with Crippen molar-refractivity contribution in [2.75, 3.05) is 0 Å². The molecule has 0 N–H and O–H groups in total. The van der Waals surface area contributed by atoms with Gasteiger partial charge in [0.05, 0.1) is 4.90 Å². The summed E-state index contributed by atoms with van der Waals surface area (Å²) in [4.78, 5) is 0.278. The van der Waals surface area contributed by atoms with Crippen LogP contribution >= 0.6 is 0 Å². The summed E-state index contributed by atoms with van der Waals surface area (Å²) in [5.74, 6) is 0. The highest BCUT2D eigenvalue weighted by Gasteiger charge is 2.07. The molecule has 0 fully saturated rings. The third-order valence-corrected chi connectivity index (χ3v) is 3.22. The fourth-order valence-electron chi connectivity index (χ4n) is 1.08. The Balaban J connectivity index is 3.05. The fraction of sp³-hybridized carbons (Fsp3) is 0.0909. The molecule has 0 aliphatic carbocycles. The SMILES string of the molecule is C=CCc1ccc(S(=O)(=O)C=C)cc1. The van der Waals surface area contributed by atoms with Crippen molar-refractivity contribution in [2.45, 2.75) is 11.3 Å². The second-order valence-electron chi connectivity index (χ2n) is 2.85. The molecular formula is C11H12O2S. The van der Waals surface area contributed by atoms with Crippen LogP contribution in [0.1, 0.15) is 5.56 Å². The average molecular weight is 208 g/mol. The summed E-state index contributed by atoms with van der Waals surface area (Å²) in [5, 5.41) is 0.954. The molecule has 0 amide bonds. The first-order valence-electron chi connectivity index (χ1n) is 4.17. The van der Waals surface area contributed by atoms with Crippen molar-refractivity contribution in [1.82, 2.24) is 0 Å². The molecule has 2 nitrogen and oxygen atoms in total. The van der Waals surface area contributed by atoms with Gasteiger partial charge in [-0.25, -0.2) is 8.42 Å². The van der Waals surface area contributed by atoms with Crippen LogP contribution in [0.25, 0.3) is 0 Å². The second-order valence-corrected chi connectivity index (χ2v) is 4.74. The van der Waals surface area contributed by atoms with Gasteiger partial charge in [0.25, 0.3) is 0 Å². The van der Waals surface area contributed by atoms with Crippen LogP contribution in [0.2, 0.25) is 0 Å². The summed E-state index contributed by atoms with van der Waals surface area (Å²) in [5.41, 5.74) is 1.04. The van der Waals surface area contributed by atoms with E-state index >= 15 is 0 Å². The molecule has 0 aliphatic heterocycles. The van der Waals surface area contributed by atoms with Gasteiger partial charge >= 0.3 is 0 Å². The molecule has 0 bridgehead atoms. The predicted octanol–water partition coefficient (Wildman–Crippen LogP) is 2.33. The number of hydrogen-bond donors (Lipinski definition) is 0. The first-order valence-corrected chi connectivity index (χ1v) is 5.72. The molecule has 0 spiro atoms. The second kappa shape index (κ2) is 4.24. The lowest BCUT2D eigenvalue weighted by molar-refractivity contribution is 0.604. The molecule has 0 saturated carbocycles. The molecule has 74 valence electrons. The quantitative estimate of drug-likeness (QED) is 0.712. The Morgan fingerprint density at radius 2 is 1.71 bits per heavy atom. The van der Waals surface area contributed by atoms with Crippen molar-refractivity contribution in [1.29, 1.82) is 0 Å². The lowest BCUT2D eigenvalue weighted by Gasteiger charge is -2.00. The van der Waals surface area contributed by atoms with E-state index < -0.39 is 9.84 Å². The molecule has 0 heterocycles. The van der Waals surface area contributed by atoms with Gasteiger partial charge in [0.2, 0.25) is 0 Å². The van der Waals surface area contributed by atoms with Crippen molar-refractivity contribution < 1.29 is 8.42 Å². The zero-order chi connectivity index (χ0) is 10.6. The molecule has 1 aromatic rings. The van der Waals surface area contributed by atoms with E-state index in [1.165, 1.54) is 0 Å². The van der Waals surface area contributed by atoms with Crippen LogP contribution < -0.4 is 0 Å². The zero-order valence-corrected chi connectivity index (χ0v) is 8.63. The zero-order valence-electron chi connectivity index (χ0n) is 7.81. The maximum absolute atomic E-state index is 11.3. The van der Waals surface area contributed by atoms with Crippen molar-refractivity contribution in [3.8, 4) is 0 Å². The van der Waals surface area contributed by atoms with Crippen molar-refractivity contribution >= 4 is 9.84 Å². The Kier molecular flexibility index (Phi) is 3.25. The fourth-order valence-corrected chi connectivity index (χ4v) is 1.79. The lowest BCUT2D eigenvalue weighted by Crippen LogP contribution is -1.95. The number of rotatable bonds is 4. The first kappa shape index (κ1) is 10.7. The van der Waals surface area contributed by atoms with Crippen LogP contribution in [0.4, 0.5) is 0 Å². The number of benzene rings is 1. The van der Waals surface area contributed by atoms with E-state index in [0.717, 1.165) is 17.4 Å². The van der Waals surface area contributed by atoms with Crippen LogP contribution in [-0.2, 0) is 16.3 Å². The van der Waals surface area contributed by atoms with Crippen LogP contribution in [0, 0.1) is 0 Å². The minimum atomic E-state index is -3.29. The van der Waals surface area contributed by atoms with Gasteiger partial charge < -0.3 is 0 Å². The maximum Gasteiger partial charge on any atom is 0.199 e. The van der Waals surface area contributed by atoms with E-state index in [4.69, 9.17) is 0 Å². The summed E-state index contributed by atoms with van der Waals surface area (Å²) in [6.45, 7) is 6.87. The Hall–Kier alpha value is -1.35. The lowest BCUT2D eigenvalue weighted by atomic mass is 10.2. The summed E-state index contributed by atoms with van der Waals surface area (Å²) in [7, 11) is -3.29. The highest BCUT2D eigenvalue weighted by molar-refractivity contribution is 7.94. The summed E-state index contributed by atoms with van der Waals surface area (Å²) >= 11 is 0. The molecule has 1 rings (SSSR count). The van der Waals surface area contributed by atoms with Crippen molar-refractivity contribution in [3.63, 3.8) is 0 Å². The molecule has 0 aromatic heterocycles. The van der Waals surface area contributed by atoms with E-state index in [2.05, 4.69) is 13.2 Å². The minimum absolute atomic E-state index is 0.278. The van der Waals surface area contributed by atoms with Crippen LogP contribution in [0.3, 0.4) is 0 Å². The largest absolute Gasteiger partial charge is 0.219 e. The van der Waals surface area contributed by atoms with Gasteiger partial charge in [-0.05, 0) is 24.1 Å². The number of hydrogen-bond acceptors (Lipinski definition) is 2. The molecule has 3 heteroatoms. The van der Waals surface area contributed by atoms with Gasteiger partial charge in [-0.2, -0.15) is 0 Å². The highest BCUT2D eigenvalue weighted by atomic mass is 32.2. The maximum atomic E-state index is 11.3. The summed E-state index contributed by atoms with van der Waals surface area (Å²) in [6, 6.07) is 6.71. The molecule has 0 saturated heterocycles. The van der Waals surface area contributed by atoms with Crippen LogP contribution in [0.5, 0.6) is 0 Å². The van der Waals surface area contributed by atoms with Crippen LogP contribution in [-0.4, -0.2) is 8.42 Å². The van der Waals surface area contributed by atoms with E-state index in [1.54, 1.807) is 30.3 Å². The summed E-state index contributed by atoms with van der Waals surface area (Å²) < 4.78 is 22.7. The Morgan fingerprint density at radius 1 is 1.14 bits per heavy atom. The smallest absolute Gasteiger partial charge is 0.199 e. The third-order valence-electron chi connectivity index (χ3n) is 1.85. The molecule has 0 radical (unpaired) electrons.